The van der Waals surface area contributed by atoms with Gasteiger partial charge in [0.05, 0.1) is 17.4 Å². The zero-order chi connectivity index (χ0) is 16.0. The van der Waals surface area contributed by atoms with Gasteiger partial charge in [-0.2, -0.15) is 4.98 Å². The van der Waals surface area contributed by atoms with Gasteiger partial charge in [0.2, 0.25) is 5.82 Å². The number of benzene rings is 2. The molecule has 0 saturated heterocycles. The van der Waals surface area contributed by atoms with Gasteiger partial charge in [0.25, 0.3) is 5.89 Å². The average molecular weight is 304 g/mol. The molecule has 23 heavy (non-hydrogen) atoms. The van der Waals surface area contributed by atoms with Gasteiger partial charge in [-0.25, -0.2) is 4.98 Å². The van der Waals surface area contributed by atoms with Crippen molar-refractivity contribution in [2.75, 3.05) is 0 Å². The van der Waals surface area contributed by atoms with Crippen molar-refractivity contribution < 1.29 is 4.52 Å². The first kappa shape index (κ1) is 13.7. The molecule has 114 valence electrons. The summed E-state index contributed by atoms with van der Waals surface area (Å²) in [6.45, 7) is 4.12. The van der Waals surface area contributed by atoms with Crippen LogP contribution >= 0.6 is 0 Å². The summed E-state index contributed by atoms with van der Waals surface area (Å²) in [6.07, 6.45) is 1.80. The normalized spacial score (nSPS) is 11.3. The van der Waals surface area contributed by atoms with E-state index in [1.165, 1.54) is 5.56 Å². The Hall–Kier alpha value is -2.95. The highest BCUT2D eigenvalue weighted by Gasteiger charge is 2.13. The minimum absolute atomic E-state index is 0.544. The Morgan fingerprint density at radius 1 is 1.04 bits per heavy atom. The molecule has 0 aliphatic rings. The molecule has 0 radical (unpaired) electrons. The van der Waals surface area contributed by atoms with Gasteiger partial charge in [-0.15, -0.1) is 0 Å². The van der Waals surface area contributed by atoms with E-state index in [2.05, 4.69) is 28.1 Å². The minimum atomic E-state index is 0.544. The number of aryl methyl sites for hydroxylation is 3. The lowest BCUT2D eigenvalue weighted by atomic mass is 10.1. The lowest BCUT2D eigenvalue weighted by Gasteiger charge is -2.01. The molecular formula is C18H16N4O. The van der Waals surface area contributed by atoms with Gasteiger partial charge in [-0.1, -0.05) is 22.9 Å². The molecular weight excluding hydrogens is 288 g/mol. The van der Waals surface area contributed by atoms with Crippen molar-refractivity contribution in [2.24, 2.45) is 7.05 Å². The summed E-state index contributed by atoms with van der Waals surface area (Å²) in [5.41, 5.74) is 6.22. The first-order valence-electron chi connectivity index (χ1n) is 7.44. The van der Waals surface area contributed by atoms with Crippen LogP contribution in [-0.4, -0.2) is 19.7 Å². The van der Waals surface area contributed by atoms with Crippen LogP contribution in [0, 0.1) is 13.8 Å². The number of hydrogen-bond acceptors (Lipinski definition) is 4. The smallest absolute Gasteiger partial charge is 0.258 e. The Morgan fingerprint density at radius 3 is 2.74 bits per heavy atom. The van der Waals surface area contributed by atoms with Crippen LogP contribution in [-0.2, 0) is 7.05 Å². The first-order chi connectivity index (χ1) is 11.1. The number of imidazole rings is 1. The van der Waals surface area contributed by atoms with Crippen molar-refractivity contribution >= 4 is 11.0 Å². The molecule has 4 rings (SSSR count). The first-order valence-corrected chi connectivity index (χ1v) is 7.44. The van der Waals surface area contributed by atoms with Crippen molar-refractivity contribution in [3.63, 3.8) is 0 Å². The molecule has 5 nitrogen and oxygen atoms in total. The average Bonchev–Trinajstić information content (AvgIpc) is 3.15. The van der Waals surface area contributed by atoms with Gasteiger partial charge in [-0.3, -0.25) is 0 Å². The van der Waals surface area contributed by atoms with Crippen LogP contribution in [0.1, 0.15) is 11.1 Å². The fourth-order valence-corrected chi connectivity index (χ4v) is 2.77. The van der Waals surface area contributed by atoms with Crippen molar-refractivity contribution in [3.8, 4) is 22.8 Å². The van der Waals surface area contributed by atoms with E-state index in [1.807, 2.05) is 48.9 Å². The largest absolute Gasteiger partial charge is 0.334 e. The summed E-state index contributed by atoms with van der Waals surface area (Å²) in [4.78, 5) is 8.88. The SMILES string of the molecule is Cc1ccc(-c2nc(-c3ccc4ncn(C)c4c3)no2)c(C)c1. The highest BCUT2D eigenvalue weighted by atomic mass is 16.5. The van der Waals surface area contributed by atoms with Gasteiger partial charge in [0, 0.05) is 18.2 Å². The Kier molecular flexibility index (Phi) is 3.01. The zero-order valence-electron chi connectivity index (χ0n) is 13.2. The molecule has 0 N–H and O–H groups in total. The number of nitrogens with zero attached hydrogens (tertiary/aromatic N) is 4. The van der Waals surface area contributed by atoms with Gasteiger partial charge in [-0.05, 0) is 43.7 Å². The lowest BCUT2D eigenvalue weighted by molar-refractivity contribution is 0.432. The summed E-state index contributed by atoms with van der Waals surface area (Å²) in [6, 6.07) is 12.1. The molecule has 0 spiro atoms. The third-order valence-electron chi connectivity index (χ3n) is 4.02. The fourth-order valence-electron chi connectivity index (χ4n) is 2.77. The molecule has 0 saturated carbocycles. The monoisotopic (exact) mass is 304 g/mol. The molecule has 0 fully saturated rings. The Labute approximate surface area is 133 Å². The topological polar surface area (TPSA) is 56.7 Å². The van der Waals surface area contributed by atoms with E-state index in [9.17, 15) is 0 Å². The number of aromatic nitrogens is 4. The zero-order valence-corrected chi connectivity index (χ0v) is 13.2. The number of fused-ring (bicyclic) bond motifs is 1. The van der Waals surface area contributed by atoms with Crippen LogP contribution in [0.5, 0.6) is 0 Å². The van der Waals surface area contributed by atoms with Crippen molar-refractivity contribution in [1.29, 1.82) is 0 Å². The molecule has 0 atom stereocenters. The molecule has 2 aromatic heterocycles. The molecule has 0 amide bonds. The van der Waals surface area contributed by atoms with E-state index < -0.39 is 0 Å². The predicted molar refractivity (Wildman–Crippen MR) is 88.9 cm³/mol. The maximum atomic E-state index is 5.47. The summed E-state index contributed by atoms with van der Waals surface area (Å²) in [5, 5.41) is 4.13. The maximum absolute atomic E-state index is 5.47. The quantitative estimate of drug-likeness (QED) is 0.563. The summed E-state index contributed by atoms with van der Waals surface area (Å²) >= 11 is 0. The summed E-state index contributed by atoms with van der Waals surface area (Å²) in [7, 11) is 1.97. The highest BCUT2D eigenvalue weighted by molar-refractivity contribution is 5.80. The summed E-state index contributed by atoms with van der Waals surface area (Å²) in [5.74, 6) is 1.13. The molecule has 0 unspecified atom stereocenters. The van der Waals surface area contributed by atoms with Crippen LogP contribution in [0.4, 0.5) is 0 Å². The standard InChI is InChI=1S/C18H16N4O/c1-11-4-6-14(12(2)8-11)18-20-17(21-23-18)13-5-7-15-16(9-13)22(3)10-19-15/h4-10H,1-3H3. The molecule has 5 heteroatoms. The van der Waals surface area contributed by atoms with E-state index in [4.69, 9.17) is 4.52 Å². The highest BCUT2D eigenvalue weighted by Crippen LogP contribution is 2.27. The molecule has 4 aromatic rings. The second-order valence-electron chi connectivity index (χ2n) is 5.80. The Balaban J connectivity index is 1.78. The fraction of sp³-hybridized carbons (Fsp3) is 0.167. The van der Waals surface area contributed by atoms with Crippen LogP contribution < -0.4 is 0 Å². The van der Waals surface area contributed by atoms with Gasteiger partial charge in [0.15, 0.2) is 0 Å². The van der Waals surface area contributed by atoms with Crippen LogP contribution in [0.15, 0.2) is 47.2 Å². The van der Waals surface area contributed by atoms with E-state index in [1.54, 1.807) is 6.33 Å². The van der Waals surface area contributed by atoms with Gasteiger partial charge in [0.1, 0.15) is 0 Å². The van der Waals surface area contributed by atoms with Gasteiger partial charge < -0.3 is 9.09 Å². The lowest BCUT2D eigenvalue weighted by Crippen LogP contribution is -1.87. The van der Waals surface area contributed by atoms with Crippen molar-refractivity contribution in [2.45, 2.75) is 13.8 Å². The third kappa shape index (κ3) is 2.30. The molecule has 0 bridgehead atoms. The van der Waals surface area contributed by atoms with Crippen molar-refractivity contribution in [1.82, 2.24) is 19.7 Å². The van der Waals surface area contributed by atoms with Crippen molar-refractivity contribution in [3.05, 3.63) is 53.9 Å². The molecule has 2 aromatic carbocycles. The molecule has 2 heterocycles. The minimum Gasteiger partial charge on any atom is -0.334 e. The van der Waals surface area contributed by atoms with Crippen LogP contribution in [0.25, 0.3) is 33.9 Å². The predicted octanol–water partition coefficient (Wildman–Crippen LogP) is 3.91. The second kappa shape index (κ2) is 5.05. The van der Waals surface area contributed by atoms with E-state index in [0.29, 0.717) is 11.7 Å². The summed E-state index contributed by atoms with van der Waals surface area (Å²) < 4.78 is 7.44. The van der Waals surface area contributed by atoms with E-state index >= 15 is 0 Å². The number of hydrogen-bond donors (Lipinski definition) is 0. The Morgan fingerprint density at radius 2 is 1.91 bits per heavy atom. The van der Waals surface area contributed by atoms with E-state index in [0.717, 1.165) is 27.7 Å². The molecule has 0 aliphatic heterocycles. The van der Waals surface area contributed by atoms with Crippen LogP contribution in [0.2, 0.25) is 0 Å². The second-order valence-corrected chi connectivity index (χ2v) is 5.80. The molecule has 0 aliphatic carbocycles. The Bertz CT molecular complexity index is 1010. The van der Waals surface area contributed by atoms with Gasteiger partial charge >= 0.3 is 0 Å². The van der Waals surface area contributed by atoms with E-state index in [-0.39, 0.29) is 0 Å². The maximum Gasteiger partial charge on any atom is 0.258 e. The third-order valence-corrected chi connectivity index (χ3v) is 4.02. The van der Waals surface area contributed by atoms with Crippen LogP contribution in [0.3, 0.4) is 0 Å². The number of rotatable bonds is 2.